The summed E-state index contributed by atoms with van der Waals surface area (Å²) in [7, 11) is 3.18. The van der Waals surface area contributed by atoms with E-state index in [9.17, 15) is 5.11 Å². The van der Waals surface area contributed by atoms with Crippen molar-refractivity contribution < 1.29 is 14.6 Å². The highest BCUT2D eigenvalue weighted by Crippen LogP contribution is 2.26. The number of aliphatic hydroxyl groups excluding tert-OH is 1. The fourth-order valence-corrected chi connectivity index (χ4v) is 2.13. The standard InChI is InChI=1S/C18H31N3O3.HI/c1-6-19-18(20-8-7-13(2)3)21-12-17(22)14-9-15(23-4)11-16(10-14)24-5;/h9-11,13,17,22H,6-8,12H2,1-5H3,(H2,19,20,21);1H. The maximum absolute atomic E-state index is 10.4. The summed E-state index contributed by atoms with van der Waals surface area (Å²) >= 11 is 0. The Morgan fingerprint density at radius 1 is 1.12 bits per heavy atom. The Bertz CT molecular complexity index is 502. The zero-order chi connectivity index (χ0) is 17.9. The van der Waals surface area contributed by atoms with Crippen LogP contribution in [-0.4, -0.2) is 44.9 Å². The van der Waals surface area contributed by atoms with Crippen molar-refractivity contribution in [3.8, 4) is 11.5 Å². The van der Waals surface area contributed by atoms with Crippen LogP contribution in [0.5, 0.6) is 11.5 Å². The molecule has 0 aliphatic heterocycles. The van der Waals surface area contributed by atoms with E-state index in [0.29, 0.717) is 28.9 Å². The van der Waals surface area contributed by atoms with Crippen LogP contribution in [0.1, 0.15) is 38.9 Å². The number of aliphatic imine (C=N–C) groups is 1. The Labute approximate surface area is 168 Å². The largest absolute Gasteiger partial charge is 0.497 e. The van der Waals surface area contributed by atoms with Gasteiger partial charge in [-0.1, -0.05) is 13.8 Å². The number of hydrogen-bond acceptors (Lipinski definition) is 4. The number of guanidine groups is 1. The van der Waals surface area contributed by atoms with Crippen molar-refractivity contribution in [2.24, 2.45) is 10.9 Å². The minimum Gasteiger partial charge on any atom is -0.497 e. The van der Waals surface area contributed by atoms with Gasteiger partial charge in [-0.2, -0.15) is 0 Å². The second kappa shape index (κ2) is 13.0. The van der Waals surface area contributed by atoms with Gasteiger partial charge < -0.3 is 25.2 Å². The molecule has 0 saturated heterocycles. The number of aliphatic hydroxyl groups is 1. The molecular weight excluding hydrogens is 433 g/mol. The Kier molecular flexibility index (Phi) is 12.4. The summed E-state index contributed by atoms with van der Waals surface area (Å²) in [6.07, 6.45) is 0.342. The molecule has 0 saturated carbocycles. The first kappa shape index (κ1) is 23.8. The van der Waals surface area contributed by atoms with Crippen LogP contribution in [0, 0.1) is 5.92 Å². The van der Waals surface area contributed by atoms with Gasteiger partial charge in [0.25, 0.3) is 0 Å². The highest BCUT2D eigenvalue weighted by molar-refractivity contribution is 14.0. The SMILES string of the molecule is CCNC(=NCC(O)c1cc(OC)cc(OC)c1)NCCC(C)C.I. The van der Waals surface area contributed by atoms with E-state index in [4.69, 9.17) is 9.47 Å². The van der Waals surface area contributed by atoms with Crippen LogP contribution in [0.4, 0.5) is 0 Å². The lowest BCUT2D eigenvalue weighted by atomic mass is 10.1. The third-order valence-corrected chi connectivity index (χ3v) is 3.54. The van der Waals surface area contributed by atoms with Crippen LogP contribution in [0.25, 0.3) is 0 Å². The molecular formula is C18H32IN3O3. The molecule has 1 aromatic rings. The highest BCUT2D eigenvalue weighted by atomic mass is 127. The molecule has 0 aliphatic carbocycles. The van der Waals surface area contributed by atoms with Crippen molar-refractivity contribution in [1.29, 1.82) is 0 Å². The molecule has 0 aromatic heterocycles. The normalized spacial score (nSPS) is 12.4. The topological polar surface area (TPSA) is 75.1 Å². The van der Waals surface area contributed by atoms with Gasteiger partial charge >= 0.3 is 0 Å². The quantitative estimate of drug-likeness (QED) is 0.297. The van der Waals surface area contributed by atoms with E-state index in [2.05, 4.69) is 29.5 Å². The molecule has 0 radical (unpaired) electrons. The monoisotopic (exact) mass is 465 g/mol. The maximum atomic E-state index is 10.4. The first-order chi connectivity index (χ1) is 11.5. The van der Waals surface area contributed by atoms with Gasteiger partial charge in [-0.15, -0.1) is 24.0 Å². The van der Waals surface area contributed by atoms with E-state index in [1.807, 2.05) is 6.92 Å². The van der Waals surface area contributed by atoms with Gasteiger partial charge in [0.2, 0.25) is 0 Å². The third kappa shape index (κ3) is 9.15. The smallest absolute Gasteiger partial charge is 0.191 e. The minimum absolute atomic E-state index is 0. The van der Waals surface area contributed by atoms with E-state index >= 15 is 0 Å². The zero-order valence-corrected chi connectivity index (χ0v) is 18.2. The lowest BCUT2D eigenvalue weighted by Crippen LogP contribution is -2.38. The van der Waals surface area contributed by atoms with Gasteiger partial charge in [-0.25, -0.2) is 0 Å². The predicted octanol–water partition coefficient (Wildman–Crippen LogP) is 2.96. The summed E-state index contributed by atoms with van der Waals surface area (Å²) in [6, 6.07) is 5.36. The first-order valence-electron chi connectivity index (χ1n) is 8.43. The van der Waals surface area contributed by atoms with Crippen molar-refractivity contribution in [3.05, 3.63) is 23.8 Å². The number of halogens is 1. The predicted molar refractivity (Wildman–Crippen MR) is 113 cm³/mol. The molecule has 144 valence electrons. The molecule has 0 bridgehead atoms. The van der Waals surface area contributed by atoms with Crippen molar-refractivity contribution in [3.63, 3.8) is 0 Å². The fraction of sp³-hybridized carbons (Fsp3) is 0.611. The highest BCUT2D eigenvalue weighted by Gasteiger charge is 2.11. The van der Waals surface area contributed by atoms with Gasteiger partial charge in [0.15, 0.2) is 5.96 Å². The fourth-order valence-electron chi connectivity index (χ4n) is 2.13. The molecule has 0 heterocycles. The van der Waals surface area contributed by atoms with Gasteiger partial charge in [0.05, 0.1) is 26.9 Å². The van der Waals surface area contributed by atoms with E-state index in [1.54, 1.807) is 32.4 Å². The van der Waals surface area contributed by atoms with Crippen molar-refractivity contribution in [2.45, 2.75) is 33.3 Å². The van der Waals surface area contributed by atoms with E-state index in [0.717, 1.165) is 19.5 Å². The van der Waals surface area contributed by atoms with Crippen LogP contribution in [0.15, 0.2) is 23.2 Å². The number of rotatable bonds is 9. The lowest BCUT2D eigenvalue weighted by Gasteiger charge is -2.15. The molecule has 3 N–H and O–H groups in total. The second-order valence-corrected chi connectivity index (χ2v) is 5.99. The number of hydrogen-bond donors (Lipinski definition) is 3. The maximum Gasteiger partial charge on any atom is 0.191 e. The summed E-state index contributed by atoms with van der Waals surface area (Å²) in [5.74, 6) is 2.64. The molecule has 25 heavy (non-hydrogen) atoms. The van der Waals surface area contributed by atoms with E-state index in [1.165, 1.54) is 0 Å². The van der Waals surface area contributed by atoms with Crippen LogP contribution in [-0.2, 0) is 0 Å². The number of methoxy groups -OCH3 is 2. The van der Waals surface area contributed by atoms with Crippen LogP contribution < -0.4 is 20.1 Å². The molecule has 0 fully saturated rings. The lowest BCUT2D eigenvalue weighted by molar-refractivity contribution is 0.186. The van der Waals surface area contributed by atoms with E-state index < -0.39 is 6.10 Å². The Balaban J connectivity index is 0.00000576. The third-order valence-electron chi connectivity index (χ3n) is 3.54. The molecule has 0 aliphatic rings. The van der Waals surface area contributed by atoms with Crippen molar-refractivity contribution in [1.82, 2.24) is 10.6 Å². The molecule has 1 unspecified atom stereocenters. The summed E-state index contributed by atoms with van der Waals surface area (Å²) in [6.45, 7) is 8.27. The first-order valence-corrected chi connectivity index (χ1v) is 8.43. The van der Waals surface area contributed by atoms with Crippen molar-refractivity contribution in [2.75, 3.05) is 33.9 Å². The van der Waals surface area contributed by atoms with Crippen molar-refractivity contribution >= 4 is 29.9 Å². The minimum atomic E-state index is -0.727. The molecule has 7 heteroatoms. The summed E-state index contributed by atoms with van der Waals surface area (Å²) < 4.78 is 10.5. The molecule has 0 amide bonds. The molecule has 1 rings (SSSR count). The molecule has 6 nitrogen and oxygen atoms in total. The summed E-state index contributed by atoms with van der Waals surface area (Å²) in [5, 5.41) is 16.9. The summed E-state index contributed by atoms with van der Waals surface area (Å²) in [5.41, 5.74) is 0.716. The second-order valence-electron chi connectivity index (χ2n) is 5.99. The Morgan fingerprint density at radius 3 is 2.20 bits per heavy atom. The number of benzene rings is 1. The number of ether oxygens (including phenoxy) is 2. The van der Waals surface area contributed by atoms with Crippen LogP contribution >= 0.6 is 24.0 Å². The van der Waals surface area contributed by atoms with Gasteiger partial charge in [0, 0.05) is 19.2 Å². The summed E-state index contributed by atoms with van der Waals surface area (Å²) in [4.78, 5) is 4.46. The Hall–Kier alpha value is -1.22. The van der Waals surface area contributed by atoms with E-state index in [-0.39, 0.29) is 30.5 Å². The molecule has 1 atom stereocenters. The number of nitrogens with zero attached hydrogens (tertiary/aromatic N) is 1. The zero-order valence-electron chi connectivity index (χ0n) is 15.8. The van der Waals surface area contributed by atoms with Gasteiger partial charge in [-0.05, 0) is 37.0 Å². The average Bonchev–Trinajstić information content (AvgIpc) is 2.58. The van der Waals surface area contributed by atoms with Crippen LogP contribution in [0.3, 0.4) is 0 Å². The Morgan fingerprint density at radius 2 is 1.72 bits per heavy atom. The van der Waals surface area contributed by atoms with Gasteiger partial charge in [-0.3, -0.25) is 4.99 Å². The molecule has 0 spiro atoms. The number of nitrogens with one attached hydrogen (secondary N) is 2. The van der Waals surface area contributed by atoms with Gasteiger partial charge in [0.1, 0.15) is 11.5 Å². The average molecular weight is 465 g/mol. The van der Waals surface area contributed by atoms with Crippen LogP contribution in [0.2, 0.25) is 0 Å². The molecule has 1 aromatic carbocycles.